The molecule has 3 nitrogen and oxygen atoms in total. The van der Waals surface area contributed by atoms with Crippen molar-refractivity contribution < 1.29 is 9.90 Å². The first-order chi connectivity index (χ1) is 6.27. The van der Waals surface area contributed by atoms with Gasteiger partial charge in [0.2, 0.25) is 5.91 Å². The maximum Gasteiger partial charge on any atom is 0.234 e. The molecule has 1 N–H and O–H groups in total. The molecule has 1 saturated heterocycles. The molecule has 72 valence electrons. The van der Waals surface area contributed by atoms with Crippen LogP contribution in [0.1, 0.15) is 19.3 Å². The van der Waals surface area contributed by atoms with Gasteiger partial charge in [0.1, 0.15) is 0 Å². The number of terminal acetylenes is 1. The third-order valence-corrected chi connectivity index (χ3v) is 2.48. The number of amides is 1. The van der Waals surface area contributed by atoms with Gasteiger partial charge in [0.15, 0.2) is 0 Å². The summed E-state index contributed by atoms with van der Waals surface area (Å²) in [4.78, 5) is 13.1. The number of nitrogens with zero attached hydrogens (tertiary/aromatic N) is 1. The van der Waals surface area contributed by atoms with Crippen LogP contribution in [0, 0.1) is 18.3 Å². The number of aliphatic hydroxyl groups excluding tert-OH is 1. The fourth-order valence-electron chi connectivity index (χ4n) is 1.56. The van der Waals surface area contributed by atoms with Crippen molar-refractivity contribution in [3.8, 4) is 12.3 Å². The van der Waals surface area contributed by atoms with Gasteiger partial charge in [0.25, 0.3) is 0 Å². The van der Waals surface area contributed by atoms with Gasteiger partial charge in [-0.05, 0) is 18.8 Å². The van der Waals surface area contributed by atoms with Crippen molar-refractivity contribution in [3.63, 3.8) is 0 Å². The lowest BCUT2D eigenvalue weighted by atomic mass is 9.98. The summed E-state index contributed by atoms with van der Waals surface area (Å²) in [6, 6.07) is 0. The molecule has 1 amide bonds. The van der Waals surface area contributed by atoms with Crippen LogP contribution in [0.3, 0.4) is 0 Å². The van der Waals surface area contributed by atoms with E-state index in [9.17, 15) is 4.79 Å². The zero-order chi connectivity index (χ0) is 9.68. The predicted octanol–water partition coefficient (Wildman–Crippen LogP) is 0.241. The quantitative estimate of drug-likeness (QED) is 0.620. The SMILES string of the molecule is C#CCC(=O)N1CCC(CO)CC1. The van der Waals surface area contributed by atoms with Gasteiger partial charge in [-0.15, -0.1) is 6.42 Å². The maximum absolute atomic E-state index is 11.3. The first-order valence-corrected chi connectivity index (χ1v) is 4.60. The molecule has 1 heterocycles. The number of hydrogen-bond donors (Lipinski definition) is 1. The van der Waals surface area contributed by atoms with Crippen molar-refractivity contribution in [1.82, 2.24) is 4.90 Å². The molecule has 1 aliphatic heterocycles. The Bertz CT molecular complexity index is 211. The summed E-state index contributed by atoms with van der Waals surface area (Å²) in [5.74, 6) is 2.76. The van der Waals surface area contributed by atoms with Crippen LogP contribution in [-0.4, -0.2) is 35.6 Å². The first kappa shape index (κ1) is 10.1. The smallest absolute Gasteiger partial charge is 0.234 e. The van der Waals surface area contributed by atoms with Crippen LogP contribution in [0.15, 0.2) is 0 Å². The first-order valence-electron chi connectivity index (χ1n) is 4.60. The molecule has 1 aliphatic rings. The molecule has 0 aromatic rings. The number of carbonyl (C=O) groups is 1. The van der Waals surface area contributed by atoms with Crippen molar-refractivity contribution in [2.45, 2.75) is 19.3 Å². The second kappa shape index (κ2) is 4.88. The minimum Gasteiger partial charge on any atom is -0.396 e. The molecular weight excluding hydrogens is 166 g/mol. The molecule has 3 heteroatoms. The molecule has 0 bridgehead atoms. The van der Waals surface area contributed by atoms with Gasteiger partial charge in [-0.1, -0.05) is 5.92 Å². The molecule has 1 rings (SSSR count). The highest BCUT2D eigenvalue weighted by Crippen LogP contribution is 2.16. The Kier molecular flexibility index (Phi) is 3.78. The normalized spacial score (nSPS) is 18.3. The second-order valence-corrected chi connectivity index (χ2v) is 3.39. The van der Waals surface area contributed by atoms with Crippen LogP contribution in [0.25, 0.3) is 0 Å². The largest absolute Gasteiger partial charge is 0.396 e. The van der Waals surface area contributed by atoms with Crippen LogP contribution >= 0.6 is 0 Å². The van der Waals surface area contributed by atoms with Crippen molar-refractivity contribution in [2.24, 2.45) is 5.92 Å². The molecule has 0 saturated carbocycles. The molecule has 0 aliphatic carbocycles. The van der Waals surface area contributed by atoms with Gasteiger partial charge < -0.3 is 10.0 Å². The van der Waals surface area contributed by atoms with Crippen LogP contribution in [0.2, 0.25) is 0 Å². The van der Waals surface area contributed by atoms with Crippen molar-refractivity contribution in [3.05, 3.63) is 0 Å². The number of aliphatic hydroxyl groups is 1. The lowest BCUT2D eigenvalue weighted by Crippen LogP contribution is -2.38. The monoisotopic (exact) mass is 181 g/mol. The second-order valence-electron chi connectivity index (χ2n) is 3.39. The average molecular weight is 181 g/mol. The number of rotatable bonds is 2. The van der Waals surface area contributed by atoms with E-state index in [-0.39, 0.29) is 18.9 Å². The van der Waals surface area contributed by atoms with E-state index in [1.807, 2.05) is 0 Å². The van der Waals surface area contributed by atoms with Crippen LogP contribution in [0.4, 0.5) is 0 Å². The van der Waals surface area contributed by atoms with Gasteiger partial charge in [-0.3, -0.25) is 4.79 Å². The summed E-state index contributed by atoms with van der Waals surface area (Å²) in [7, 11) is 0. The summed E-state index contributed by atoms with van der Waals surface area (Å²) in [6.45, 7) is 1.72. The molecule has 13 heavy (non-hydrogen) atoms. The third-order valence-electron chi connectivity index (χ3n) is 2.48. The molecule has 0 aromatic heterocycles. The highest BCUT2D eigenvalue weighted by Gasteiger charge is 2.21. The van der Waals surface area contributed by atoms with Gasteiger partial charge in [-0.25, -0.2) is 0 Å². The Balaban J connectivity index is 2.33. The van der Waals surface area contributed by atoms with E-state index in [1.165, 1.54) is 0 Å². The Morgan fingerprint density at radius 3 is 2.62 bits per heavy atom. The van der Waals surface area contributed by atoms with Crippen LogP contribution < -0.4 is 0 Å². The minimum absolute atomic E-state index is 0.0406. The van der Waals surface area contributed by atoms with Crippen LogP contribution in [0.5, 0.6) is 0 Å². The Labute approximate surface area is 78.7 Å². The minimum atomic E-state index is 0.0406. The van der Waals surface area contributed by atoms with E-state index in [0.717, 1.165) is 25.9 Å². The van der Waals surface area contributed by atoms with Crippen LogP contribution in [-0.2, 0) is 4.79 Å². The van der Waals surface area contributed by atoms with Gasteiger partial charge in [0.05, 0.1) is 6.42 Å². The highest BCUT2D eigenvalue weighted by molar-refractivity contribution is 5.78. The topological polar surface area (TPSA) is 40.5 Å². The molecule has 0 atom stereocenters. The summed E-state index contributed by atoms with van der Waals surface area (Å²) < 4.78 is 0. The Hall–Kier alpha value is -1.01. The number of piperidine rings is 1. The lowest BCUT2D eigenvalue weighted by Gasteiger charge is -2.30. The fraction of sp³-hybridized carbons (Fsp3) is 0.700. The van der Waals surface area contributed by atoms with E-state index >= 15 is 0 Å². The van der Waals surface area contributed by atoms with Gasteiger partial charge in [0, 0.05) is 19.7 Å². The average Bonchev–Trinajstić information content (AvgIpc) is 2.18. The highest BCUT2D eigenvalue weighted by atomic mass is 16.3. The molecule has 0 unspecified atom stereocenters. The summed E-state index contributed by atoms with van der Waals surface area (Å²) in [5, 5.41) is 8.88. The zero-order valence-corrected chi connectivity index (χ0v) is 7.70. The van der Waals surface area contributed by atoms with E-state index in [1.54, 1.807) is 4.90 Å². The van der Waals surface area contributed by atoms with Gasteiger partial charge in [-0.2, -0.15) is 0 Å². The zero-order valence-electron chi connectivity index (χ0n) is 7.70. The van der Waals surface area contributed by atoms with E-state index < -0.39 is 0 Å². The number of hydrogen-bond acceptors (Lipinski definition) is 2. The number of likely N-dealkylation sites (tertiary alicyclic amines) is 1. The van der Waals surface area contributed by atoms with Crippen molar-refractivity contribution in [1.29, 1.82) is 0 Å². The molecule has 0 radical (unpaired) electrons. The van der Waals surface area contributed by atoms with E-state index in [2.05, 4.69) is 5.92 Å². The predicted molar refractivity (Wildman–Crippen MR) is 49.8 cm³/mol. The standard InChI is InChI=1S/C10H15NO2/c1-2-3-10(13)11-6-4-9(8-12)5-7-11/h1,9,12H,3-8H2. The van der Waals surface area contributed by atoms with E-state index in [0.29, 0.717) is 5.92 Å². The summed E-state index contributed by atoms with van der Waals surface area (Å²) in [6.07, 6.45) is 7.04. The molecule has 1 fully saturated rings. The molecule has 0 aromatic carbocycles. The van der Waals surface area contributed by atoms with Gasteiger partial charge >= 0.3 is 0 Å². The fourth-order valence-corrected chi connectivity index (χ4v) is 1.56. The molecular formula is C10H15NO2. The summed E-state index contributed by atoms with van der Waals surface area (Å²) >= 11 is 0. The Morgan fingerprint density at radius 1 is 1.54 bits per heavy atom. The Morgan fingerprint density at radius 2 is 2.15 bits per heavy atom. The summed E-state index contributed by atoms with van der Waals surface area (Å²) in [5.41, 5.74) is 0. The van der Waals surface area contributed by atoms with E-state index in [4.69, 9.17) is 11.5 Å². The number of carbonyl (C=O) groups excluding carboxylic acids is 1. The lowest BCUT2D eigenvalue weighted by molar-refractivity contribution is -0.131. The van der Waals surface area contributed by atoms with Crippen molar-refractivity contribution >= 4 is 5.91 Å². The maximum atomic E-state index is 11.3. The molecule has 0 spiro atoms. The third kappa shape index (κ3) is 2.74. The van der Waals surface area contributed by atoms with Crippen molar-refractivity contribution in [2.75, 3.05) is 19.7 Å².